The predicted molar refractivity (Wildman–Crippen MR) is 112 cm³/mol. The summed E-state index contributed by atoms with van der Waals surface area (Å²) in [5.41, 5.74) is -1.39. The number of carbonyl (C=O) groups excluding carboxylic acids is 1. The van der Waals surface area contributed by atoms with E-state index >= 15 is 0 Å². The second kappa shape index (κ2) is 8.62. The van der Waals surface area contributed by atoms with Gasteiger partial charge in [-0.2, -0.15) is 13.2 Å². The molecule has 2 N–H and O–H groups in total. The summed E-state index contributed by atoms with van der Waals surface area (Å²) in [5.74, 6) is -0.949. The lowest BCUT2D eigenvalue weighted by molar-refractivity contribution is -0.141. The molecule has 1 unspecified atom stereocenters. The molecule has 1 atom stereocenters. The van der Waals surface area contributed by atoms with Crippen molar-refractivity contribution in [2.45, 2.75) is 24.0 Å². The first-order chi connectivity index (χ1) is 14.9. The maximum absolute atomic E-state index is 12.9. The van der Waals surface area contributed by atoms with Crippen LogP contribution in [0.4, 0.5) is 13.2 Å². The Balaban J connectivity index is 2.09. The zero-order valence-corrected chi connectivity index (χ0v) is 17.8. The van der Waals surface area contributed by atoms with Crippen molar-refractivity contribution in [2.24, 2.45) is 0 Å². The van der Waals surface area contributed by atoms with Gasteiger partial charge in [0.05, 0.1) is 10.9 Å². The van der Waals surface area contributed by atoms with Gasteiger partial charge in [0.25, 0.3) is 11.5 Å². The molecular weight excluding hydrogens is 445 g/mol. The molecule has 3 rings (SSSR count). The Labute approximate surface area is 182 Å². The highest BCUT2D eigenvalue weighted by Gasteiger charge is 2.32. The van der Waals surface area contributed by atoms with Crippen LogP contribution in [0.5, 0.6) is 0 Å². The third-order valence-electron chi connectivity index (χ3n) is 4.74. The van der Waals surface area contributed by atoms with Gasteiger partial charge in [-0.3, -0.25) is 9.59 Å². The van der Waals surface area contributed by atoms with Gasteiger partial charge in [-0.15, -0.1) is 0 Å². The van der Waals surface area contributed by atoms with Crippen LogP contribution in [0.1, 0.15) is 38.8 Å². The van der Waals surface area contributed by atoms with Crippen molar-refractivity contribution in [2.75, 3.05) is 6.26 Å². The number of amides is 1. The quantitative estimate of drug-likeness (QED) is 0.603. The Bertz CT molecular complexity index is 1330. The molecule has 168 valence electrons. The van der Waals surface area contributed by atoms with Gasteiger partial charge in [0.1, 0.15) is 11.3 Å². The zero-order chi connectivity index (χ0) is 23.7. The van der Waals surface area contributed by atoms with Crippen LogP contribution in [0.15, 0.2) is 70.4 Å². The third kappa shape index (κ3) is 5.08. The maximum atomic E-state index is 12.9. The summed E-state index contributed by atoms with van der Waals surface area (Å²) in [5, 5.41) is 2.60. The predicted octanol–water partition coefficient (Wildman–Crippen LogP) is 3.63. The fraction of sp³-hybridized carbons (Fsp3) is 0.182. The molecule has 0 bridgehead atoms. The molecule has 1 aromatic heterocycles. The monoisotopic (exact) mass is 464 g/mol. The number of pyridine rings is 1. The standard InChI is InChI=1S/C22H19F3N2O4S/c1-13-6-5-7-14(12-13)19(15-8-3-4-9-17(15)32(2,30)31)27-21(29)16-10-11-18(22(23,24)25)26-20(16)28/h3-12,19H,1-2H3,(H,26,28)(H,27,29). The lowest BCUT2D eigenvalue weighted by Gasteiger charge is -2.22. The Hall–Kier alpha value is -3.40. The lowest BCUT2D eigenvalue weighted by Crippen LogP contribution is -2.34. The minimum Gasteiger partial charge on any atom is -0.341 e. The molecule has 0 fully saturated rings. The molecule has 32 heavy (non-hydrogen) atoms. The number of carbonyl (C=O) groups is 1. The molecule has 0 aliphatic heterocycles. The number of benzene rings is 2. The van der Waals surface area contributed by atoms with Gasteiger partial charge in [0, 0.05) is 6.26 Å². The van der Waals surface area contributed by atoms with E-state index in [1.807, 2.05) is 13.0 Å². The van der Waals surface area contributed by atoms with Crippen LogP contribution < -0.4 is 10.9 Å². The van der Waals surface area contributed by atoms with Crippen molar-refractivity contribution in [3.05, 3.63) is 99.0 Å². The first-order valence-electron chi connectivity index (χ1n) is 9.35. The van der Waals surface area contributed by atoms with Gasteiger partial charge in [-0.25, -0.2) is 8.42 Å². The summed E-state index contributed by atoms with van der Waals surface area (Å²) in [6, 6.07) is 13.4. The highest BCUT2D eigenvalue weighted by atomic mass is 32.2. The Morgan fingerprint density at radius 3 is 2.31 bits per heavy atom. The fourth-order valence-corrected chi connectivity index (χ4v) is 4.21. The molecule has 1 amide bonds. The van der Waals surface area contributed by atoms with E-state index in [4.69, 9.17) is 0 Å². The van der Waals surface area contributed by atoms with Gasteiger partial charge >= 0.3 is 6.18 Å². The van der Waals surface area contributed by atoms with E-state index in [1.54, 1.807) is 29.2 Å². The summed E-state index contributed by atoms with van der Waals surface area (Å²) in [6.07, 6.45) is -3.74. The summed E-state index contributed by atoms with van der Waals surface area (Å²) in [6.45, 7) is 1.81. The molecule has 10 heteroatoms. The van der Waals surface area contributed by atoms with Gasteiger partial charge < -0.3 is 10.3 Å². The third-order valence-corrected chi connectivity index (χ3v) is 5.91. The number of aryl methyl sites for hydroxylation is 1. The van der Waals surface area contributed by atoms with E-state index < -0.39 is 44.8 Å². The van der Waals surface area contributed by atoms with E-state index in [0.717, 1.165) is 17.9 Å². The van der Waals surface area contributed by atoms with Crippen LogP contribution >= 0.6 is 0 Å². The molecule has 2 aromatic carbocycles. The number of rotatable bonds is 5. The normalized spacial score (nSPS) is 12.9. The highest BCUT2D eigenvalue weighted by molar-refractivity contribution is 7.90. The van der Waals surface area contributed by atoms with Crippen LogP contribution in [-0.4, -0.2) is 25.6 Å². The number of nitrogens with one attached hydrogen (secondary N) is 2. The molecule has 0 saturated heterocycles. The van der Waals surface area contributed by atoms with E-state index in [1.165, 1.54) is 18.2 Å². The van der Waals surface area contributed by atoms with Crippen LogP contribution in [0.2, 0.25) is 0 Å². The molecule has 1 heterocycles. The number of alkyl halides is 3. The van der Waals surface area contributed by atoms with Crippen LogP contribution in [0, 0.1) is 6.92 Å². The Morgan fingerprint density at radius 1 is 1.03 bits per heavy atom. The molecule has 0 spiro atoms. The van der Waals surface area contributed by atoms with E-state index in [2.05, 4.69) is 5.32 Å². The Kier molecular flexibility index (Phi) is 6.27. The number of aromatic amines is 1. The maximum Gasteiger partial charge on any atom is 0.431 e. The molecule has 6 nitrogen and oxygen atoms in total. The highest BCUT2D eigenvalue weighted by Crippen LogP contribution is 2.29. The first kappa shape index (κ1) is 23.3. The van der Waals surface area contributed by atoms with Gasteiger partial charge in [0.15, 0.2) is 9.84 Å². The van der Waals surface area contributed by atoms with Gasteiger partial charge in [0.2, 0.25) is 0 Å². The van der Waals surface area contributed by atoms with Crippen molar-refractivity contribution in [1.82, 2.24) is 10.3 Å². The van der Waals surface area contributed by atoms with Crippen molar-refractivity contribution in [3.8, 4) is 0 Å². The molecule has 0 aliphatic rings. The van der Waals surface area contributed by atoms with Crippen molar-refractivity contribution < 1.29 is 26.4 Å². The number of sulfone groups is 1. The minimum atomic E-state index is -4.77. The van der Waals surface area contributed by atoms with Crippen molar-refractivity contribution >= 4 is 15.7 Å². The second-order valence-corrected chi connectivity index (χ2v) is 9.23. The first-order valence-corrected chi connectivity index (χ1v) is 11.2. The smallest absolute Gasteiger partial charge is 0.341 e. The summed E-state index contributed by atoms with van der Waals surface area (Å²) >= 11 is 0. The topological polar surface area (TPSA) is 96.1 Å². The molecule has 0 saturated carbocycles. The SMILES string of the molecule is Cc1cccc(C(NC(=O)c2ccc(C(F)(F)F)[nH]c2=O)c2ccccc2S(C)(=O)=O)c1. The molecule has 0 radical (unpaired) electrons. The lowest BCUT2D eigenvalue weighted by atomic mass is 9.97. The largest absolute Gasteiger partial charge is 0.431 e. The van der Waals surface area contributed by atoms with E-state index in [-0.39, 0.29) is 10.5 Å². The minimum absolute atomic E-state index is 0.0202. The van der Waals surface area contributed by atoms with Crippen molar-refractivity contribution in [1.29, 1.82) is 0 Å². The van der Waals surface area contributed by atoms with Gasteiger partial charge in [-0.1, -0.05) is 48.0 Å². The van der Waals surface area contributed by atoms with E-state index in [0.29, 0.717) is 11.6 Å². The van der Waals surface area contributed by atoms with Crippen molar-refractivity contribution in [3.63, 3.8) is 0 Å². The Morgan fingerprint density at radius 2 is 1.72 bits per heavy atom. The molecule has 0 aliphatic carbocycles. The molecular formula is C22H19F3N2O4S. The number of aromatic nitrogens is 1. The summed E-state index contributed by atoms with van der Waals surface area (Å²) in [7, 11) is -3.67. The van der Waals surface area contributed by atoms with Crippen LogP contribution in [0.3, 0.4) is 0 Å². The number of halogens is 3. The summed E-state index contributed by atoms with van der Waals surface area (Å²) < 4.78 is 63.1. The average molecular weight is 464 g/mol. The fourth-order valence-electron chi connectivity index (χ4n) is 3.27. The van der Waals surface area contributed by atoms with Gasteiger partial charge in [-0.05, 0) is 36.2 Å². The summed E-state index contributed by atoms with van der Waals surface area (Å²) in [4.78, 5) is 26.7. The number of hydrogen-bond acceptors (Lipinski definition) is 4. The van der Waals surface area contributed by atoms with Crippen LogP contribution in [-0.2, 0) is 16.0 Å². The second-order valence-electron chi connectivity index (χ2n) is 7.24. The zero-order valence-electron chi connectivity index (χ0n) is 17.0. The van der Waals surface area contributed by atoms with E-state index in [9.17, 15) is 31.2 Å². The van der Waals surface area contributed by atoms with Crippen LogP contribution in [0.25, 0.3) is 0 Å². The molecule has 3 aromatic rings. The average Bonchev–Trinajstić information content (AvgIpc) is 2.70. The number of hydrogen-bond donors (Lipinski definition) is 2. The number of H-pyrrole nitrogens is 1.